The summed E-state index contributed by atoms with van der Waals surface area (Å²) in [5.41, 5.74) is -0.916. The first kappa shape index (κ1) is 17.6. The highest BCUT2D eigenvalue weighted by Gasteiger charge is 2.38. The van der Waals surface area contributed by atoms with Crippen molar-refractivity contribution in [1.29, 1.82) is 0 Å². The van der Waals surface area contributed by atoms with Gasteiger partial charge in [0.25, 0.3) is 10.0 Å². The minimum absolute atomic E-state index is 0.152. The largest absolute Gasteiger partial charge is 0.489 e. The summed E-state index contributed by atoms with van der Waals surface area (Å²) in [6.07, 6.45) is -5.07. The van der Waals surface area contributed by atoms with Crippen LogP contribution in [0.2, 0.25) is 0 Å². The summed E-state index contributed by atoms with van der Waals surface area (Å²) >= 11 is 0. The van der Waals surface area contributed by atoms with E-state index in [-0.39, 0.29) is 18.4 Å². The molecule has 0 aliphatic carbocycles. The van der Waals surface area contributed by atoms with Crippen LogP contribution in [0.1, 0.15) is 5.56 Å². The maximum atomic E-state index is 13.3. The molecule has 0 radical (unpaired) electrons. The molecule has 1 aliphatic rings. The van der Waals surface area contributed by atoms with Gasteiger partial charge >= 0.3 is 6.18 Å². The number of hydrogen-bond acceptors (Lipinski definition) is 4. The first-order valence-corrected chi connectivity index (χ1v) is 8.78. The monoisotopic (exact) mass is 373 g/mol. The molecule has 25 heavy (non-hydrogen) atoms. The van der Waals surface area contributed by atoms with Gasteiger partial charge in [0.1, 0.15) is 17.6 Å². The quantitative estimate of drug-likeness (QED) is 0.789. The summed E-state index contributed by atoms with van der Waals surface area (Å²) < 4.78 is 77.3. The molecule has 0 saturated carbocycles. The van der Waals surface area contributed by atoms with E-state index in [9.17, 15) is 21.6 Å². The van der Waals surface area contributed by atoms with Crippen LogP contribution in [0.3, 0.4) is 0 Å². The van der Waals surface area contributed by atoms with Gasteiger partial charge in [-0.2, -0.15) is 13.2 Å². The maximum Gasteiger partial charge on any atom is 0.420 e. The molecule has 1 atom stereocenters. The van der Waals surface area contributed by atoms with Gasteiger partial charge in [-0.05, 0) is 24.3 Å². The van der Waals surface area contributed by atoms with Crippen molar-refractivity contribution in [3.63, 3.8) is 0 Å². The lowest BCUT2D eigenvalue weighted by molar-refractivity contribution is -0.139. The zero-order chi connectivity index (χ0) is 18.1. The van der Waals surface area contributed by atoms with Crippen molar-refractivity contribution in [1.82, 2.24) is 0 Å². The number of hydrogen-bond donors (Lipinski definition) is 1. The van der Waals surface area contributed by atoms with Gasteiger partial charge in [-0.1, -0.05) is 24.3 Å². The van der Waals surface area contributed by atoms with Crippen molar-refractivity contribution in [2.24, 2.45) is 0 Å². The van der Waals surface area contributed by atoms with E-state index in [1.807, 2.05) is 0 Å². The molecule has 2 aromatic carbocycles. The molecule has 1 saturated heterocycles. The van der Waals surface area contributed by atoms with Crippen LogP contribution < -0.4 is 9.46 Å². The van der Waals surface area contributed by atoms with Gasteiger partial charge < -0.3 is 9.47 Å². The number of rotatable bonds is 6. The van der Waals surface area contributed by atoms with Crippen molar-refractivity contribution in [3.05, 3.63) is 54.1 Å². The second-order valence-corrected chi connectivity index (χ2v) is 7.02. The first-order valence-electron chi connectivity index (χ1n) is 7.30. The Balaban J connectivity index is 2.01. The predicted octanol–water partition coefficient (Wildman–Crippen LogP) is 3.28. The van der Waals surface area contributed by atoms with Crippen LogP contribution in [-0.4, -0.2) is 27.7 Å². The lowest BCUT2D eigenvalue weighted by Crippen LogP contribution is -2.18. The molecule has 0 bridgehead atoms. The van der Waals surface area contributed by atoms with E-state index >= 15 is 0 Å². The van der Waals surface area contributed by atoms with Crippen molar-refractivity contribution < 1.29 is 31.1 Å². The number of para-hydroxylation sites is 2. The van der Waals surface area contributed by atoms with Gasteiger partial charge in [-0.15, -0.1) is 0 Å². The first-order chi connectivity index (χ1) is 11.8. The third-order valence-corrected chi connectivity index (χ3v) is 4.82. The number of benzene rings is 2. The third-order valence-electron chi connectivity index (χ3n) is 3.42. The number of nitrogens with one attached hydrogen (secondary N) is 1. The molecule has 0 spiro atoms. The summed E-state index contributed by atoms with van der Waals surface area (Å²) in [5, 5.41) is 0. The Morgan fingerprint density at radius 3 is 2.40 bits per heavy atom. The van der Waals surface area contributed by atoms with E-state index in [4.69, 9.17) is 9.47 Å². The average molecular weight is 373 g/mol. The highest BCUT2D eigenvalue weighted by Crippen LogP contribution is 2.40. The van der Waals surface area contributed by atoms with E-state index in [0.29, 0.717) is 6.61 Å². The summed E-state index contributed by atoms with van der Waals surface area (Å²) in [4.78, 5) is -0.577. The number of ether oxygens (including phenoxy) is 2. The second-order valence-electron chi connectivity index (χ2n) is 5.37. The molecule has 9 heteroatoms. The Hall–Kier alpha value is -2.26. The standard InChI is InChI=1S/C16H14F3NO4S/c17-16(18,19)13-7-4-8-14(15(13)24-10-12-9-23-12)25(21,22)20-11-5-2-1-3-6-11/h1-8,12,20H,9-10H2. The number of anilines is 1. The molecule has 0 aromatic heterocycles. The van der Waals surface area contributed by atoms with Gasteiger partial charge in [-0.25, -0.2) is 8.42 Å². The summed E-state index contributed by atoms with van der Waals surface area (Å²) in [5.74, 6) is -0.728. The third kappa shape index (κ3) is 4.23. The molecule has 3 rings (SSSR count). The summed E-state index contributed by atoms with van der Waals surface area (Å²) in [6, 6.07) is 10.8. The summed E-state index contributed by atoms with van der Waals surface area (Å²) in [6.45, 7) is 0.222. The molecular weight excluding hydrogens is 359 g/mol. The molecule has 1 aliphatic heterocycles. The fourth-order valence-corrected chi connectivity index (χ4v) is 3.38. The summed E-state index contributed by atoms with van der Waals surface area (Å²) in [7, 11) is -4.27. The maximum absolute atomic E-state index is 13.3. The van der Waals surface area contributed by atoms with E-state index < -0.39 is 32.4 Å². The molecule has 2 aromatic rings. The number of alkyl halides is 3. The van der Waals surface area contributed by atoms with E-state index in [1.54, 1.807) is 18.2 Å². The van der Waals surface area contributed by atoms with Crippen LogP contribution in [0.5, 0.6) is 5.75 Å². The predicted molar refractivity (Wildman–Crippen MR) is 83.9 cm³/mol. The van der Waals surface area contributed by atoms with E-state index in [2.05, 4.69) is 4.72 Å². The van der Waals surface area contributed by atoms with Crippen LogP contribution in [-0.2, 0) is 20.9 Å². The minimum Gasteiger partial charge on any atom is -0.489 e. The number of halogens is 3. The van der Waals surface area contributed by atoms with Gasteiger partial charge in [0, 0.05) is 5.69 Å². The van der Waals surface area contributed by atoms with E-state index in [0.717, 1.165) is 18.2 Å². The fraction of sp³-hybridized carbons (Fsp3) is 0.250. The lowest BCUT2D eigenvalue weighted by atomic mass is 10.2. The number of epoxide rings is 1. The number of sulfonamides is 1. The molecular formula is C16H14F3NO4S. The molecule has 1 heterocycles. The Morgan fingerprint density at radius 1 is 1.12 bits per heavy atom. The van der Waals surface area contributed by atoms with Crippen molar-refractivity contribution in [2.75, 3.05) is 17.9 Å². The Kier molecular flexibility index (Phi) is 4.61. The molecule has 0 amide bonds. The molecule has 1 unspecified atom stereocenters. The molecule has 134 valence electrons. The smallest absolute Gasteiger partial charge is 0.420 e. The van der Waals surface area contributed by atoms with Gasteiger partial charge in [0.2, 0.25) is 0 Å². The van der Waals surface area contributed by atoms with Crippen LogP contribution in [0.25, 0.3) is 0 Å². The van der Waals surface area contributed by atoms with Gasteiger partial charge in [0.15, 0.2) is 5.75 Å². The normalized spacial score (nSPS) is 17.2. The highest BCUT2D eigenvalue weighted by molar-refractivity contribution is 7.92. The SMILES string of the molecule is O=S(=O)(Nc1ccccc1)c1cccc(C(F)(F)F)c1OCC1CO1. The second kappa shape index (κ2) is 6.57. The zero-order valence-electron chi connectivity index (χ0n) is 12.8. The van der Waals surface area contributed by atoms with Crippen LogP contribution >= 0.6 is 0 Å². The van der Waals surface area contributed by atoms with Crippen LogP contribution in [0.4, 0.5) is 18.9 Å². The lowest BCUT2D eigenvalue weighted by Gasteiger charge is -2.18. The minimum atomic E-state index is -4.75. The Labute approximate surface area is 142 Å². The van der Waals surface area contributed by atoms with Crippen LogP contribution in [0, 0.1) is 0 Å². The fourth-order valence-electron chi connectivity index (χ4n) is 2.16. The molecule has 1 fully saturated rings. The van der Waals surface area contributed by atoms with Crippen molar-refractivity contribution in [2.45, 2.75) is 17.2 Å². The van der Waals surface area contributed by atoms with Crippen molar-refractivity contribution >= 4 is 15.7 Å². The van der Waals surface area contributed by atoms with Gasteiger partial charge in [0.05, 0.1) is 12.2 Å². The van der Waals surface area contributed by atoms with E-state index in [1.165, 1.54) is 12.1 Å². The highest BCUT2D eigenvalue weighted by atomic mass is 32.2. The van der Waals surface area contributed by atoms with Crippen LogP contribution in [0.15, 0.2) is 53.4 Å². The molecule has 5 nitrogen and oxygen atoms in total. The topological polar surface area (TPSA) is 67.9 Å². The molecule has 1 N–H and O–H groups in total. The Morgan fingerprint density at radius 2 is 1.80 bits per heavy atom. The Bertz CT molecular complexity index is 849. The van der Waals surface area contributed by atoms with Crippen molar-refractivity contribution in [3.8, 4) is 5.75 Å². The van der Waals surface area contributed by atoms with Gasteiger partial charge in [-0.3, -0.25) is 4.72 Å². The zero-order valence-corrected chi connectivity index (χ0v) is 13.6. The average Bonchev–Trinajstić information content (AvgIpc) is 3.36.